The van der Waals surface area contributed by atoms with Crippen LogP contribution >= 0.6 is 34.7 Å². The Kier molecular flexibility index (Phi) is 5.42. The number of halogens is 2. The van der Waals surface area contributed by atoms with Gasteiger partial charge in [-0.25, -0.2) is 4.39 Å². The predicted molar refractivity (Wildman–Crippen MR) is 79.7 cm³/mol. The molecule has 0 aliphatic rings. The summed E-state index contributed by atoms with van der Waals surface area (Å²) in [4.78, 5) is 0. The highest BCUT2D eigenvalue weighted by Gasteiger charge is 2.07. The molecule has 0 atom stereocenters. The zero-order valence-corrected chi connectivity index (χ0v) is 12.7. The van der Waals surface area contributed by atoms with Crippen LogP contribution in [0.5, 0.6) is 0 Å². The molecule has 0 aliphatic heterocycles. The first-order chi connectivity index (χ1) is 9.19. The van der Waals surface area contributed by atoms with E-state index in [4.69, 9.17) is 11.6 Å². The van der Waals surface area contributed by atoms with Gasteiger partial charge >= 0.3 is 0 Å². The number of anilines is 1. The Morgan fingerprint density at radius 2 is 2.26 bits per heavy atom. The maximum Gasteiger partial charge on any atom is 0.206 e. The number of hydrogen-bond donors (Lipinski definition) is 1. The lowest BCUT2D eigenvalue weighted by molar-refractivity contribution is 0.627. The Balaban J connectivity index is 1.92. The molecular weight excluding hydrogens is 305 g/mol. The van der Waals surface area contributed by atoms with E-state index in [1.165, 1.54) is 23.5 Å². The van der Waals surface area contributed by atoms with E-state index in [0.717, 1.165) is 28.0 Å². The minimum atomic E-state index is -0.319. The van der Waals surface area contributed by atoms with E-state index < -0.39 is 0 Å². The first-order valence-corrected chi connectivity index (χ1v) is 8.01. The second kappa shape index (κ2) is 7.07. The second-order valence-corrected chi connectivity index (χ2v) is 6.43. The van der Waals surface area contributed by atoms with Crippen molar-refractivity contribution in [2.24, 2.45) is 0 Å². The Bertz CT molecular complexity index is 548. The Hall–Kier alpha value is -0.850. The number of thioether (sulfide) groups is 1. The number of nitrogens with zero attached hydrogens (tertiary/aromatic N) is 2. The third-order valence-corrected chi connectivity index (χ3v) is 4.71. The first-order valence-electron chi connectivity index (χ1n) is 5.83. The van der Waals surface area contributed by atoms with Crippen molar-refractivity contribution in [1.29, 1.82) is 0 Å². The molecule has 1 aromatic carbocycles. The van der Waals surface area contributed by atoms with E-state index >= 15 is 0 Å². The molecule has 2 rings (SSSR count). The molecule has 0 radical (unpaired) electrons. The number of hydrogen-bond acceptors (Lipinski definition) is 5. The van der Waals surface area contributed by atoms with Gasteiger partial charge in [0.05, 0.1) is 0 Å². The quantitative estimate of drug-likeness (QED) is 0.799. The first kappa shape index (κ1) is 14.6. The standard InChI is InChI=1S/C12H13ClFN3S2/c1-2-5-15-11-16-17-12(19-11)18-7-8-3-4-9(14)6-10(8)13/h3-4,6H,2,5,7H2,1H3,(H,15,16). The summed E-state index contributed by atoms with van der Waals surface area (Å²) >= 11 is 9.03. The van der Waals surface area contributed by atoms with E-state index in [2.05, 4.69) is 22.4 Å². The molecule has 0 bridgehead atoms. The zero-order chi connectivity index (χ0) is 13.7. The van der Waals surface area contributed by atoms with Gasteiger partial charge in [-0.1, -0.05) is 47.7 Å². The van der Waals surface area contributed by atoms with Gasteiger partial charge in [-0.3, -0.25) is 0 Å². The van der Waals surface area contributed by atoms with Crippen LogP contribution in [0.25, 0.3) is 0 Å². The van der Waals surface area contributed by atoms with Gasteiger partial charge in [0.1, 0.15) is 5.82 Å². The summed E-state index contributed by atoms with van der Waals surface area (Å²) in [6, 6.07) is 4.43. The molecule has 1 N–H and O–H groups in total. The molecule has 19 heavy (non-hydrogen) atoms. The third kappa shape index (κ3) is 4.33. The molecular formula is C12H13ClFN3S2. The number of rotatable bonds is 6. The lowest BCUT2D eigenvalue weighted by Gasteiger charge is -2.01. The van der Waals surface area contributed by atoms with Crippen molar-refractivity contribution in [3.63, 3.8) is 0 Å². The smallest absolute Gasteiger partial charge is 0.206 e. The summed E-state index contributed by atoms with van der Waals surface area (Å²) < 4.78 is 13.8. The Labute approximate surface area is 124 Å². The summed E-state index contributed by atoms with van der Waals surface area (Å²) in [5.74, 6) is 0.336. The lowest BCUT2D eigenvalue weighted by Crippen LogP contribution is -1.98. The molecule has 0 aliphatic carbocycles. The van der Waals surface area contributed by atoms with Gasteiger partial charge in [-0.2, -0.15) is 0 Å². The van der Waals surface area contributed by atoms with Crippen molar-refractivity contribution >= 4 is 39.8 Å². The molecule has 0 fully saturated rings. The van der Waals surface area contributed by atoms with E-state index in [-0.39, 0.29) is 5.82 Å². The van der Waals surface area contributed by atoms with Crippen LogP contribution in [0.15, 0.2) is 22.5 Å². The molecule has 102 valence electrons. The highest BCUT2D eigenvalue weighted by Crippen LogP contribution is 2.30. The minimum absolute atomic E-state index is 0.319. The van der Waals surface area contributed by atoms with E-state index in [1.54, 1.807) is 17.8 Å². The van der Waals surface area contributed by atoms with Crippen LogP contribution in [0.1, 0.15) is 18.9 Å². The summed E-state index contributed by atoms with van der Waals surface area (Å²) in [7, 11) is 0. The summed E-state index contributed by atoms with van der Waals surface area (Å²) in [5.41, 5.74) is 0.895. The van der Waals surface area contributed by atoms with Crippen molar-refractivity contribution in [3.8, 4) is 0 Å². The molecule has 1 heterocycles. The van der Waals surface area contributed by atoms with E-state index in [0.29, 0.717) is 10.8 Å². The van der Waals surface area contributed by atoms with Crippen molar-refractivity contribution in [2.45, 2.75) is 23.4 Å². The average molecular weight is 318 g/mol. The molecule has 7 heteroatoms. The summed E-state index contributed by atoms with van der Waals surface area (Å²) in [5, 5.41) is 12.6. The largest absolute Gasteiger partial charge is 0.360 e. The minimum Gasteiger partial charge on any atom is -0.360 e. The highest BCUT2D eigenvalue weighted by molar-refractivity contribution is 8.00. The SMILES string of the molecule is CCCNc1nnc(SCc2ccc(F)cc2Cl)s1. The van der Waals surface area contributed by atoms with Gasteiger partial charge in [0.25, 0.3) is 0 Å². The van der Waals surface area contributed by atoms with Gasteiger partial charge in [0.15, 0.2) is 4.34 Å². The van der Waals surface area contributed by atoms with Crippen molar-refractivity contribution in [1.82, 2.24) is 10.2 Å². The van der Waals surface area contributed by atoms with Gasteiger partial charge in [0.2, 0.25) is 5.13 Å². The third-order valence-electron chi connectivity index (χ3n) is 2.30. The maximum absolute atomic E-state index is 12.9. The normalized spacial score (nSPS) is 10.7. The van der Waals surface area contributed by atoms with Crippen LogP contribution in [0.3, 0.4) is 0 Å². The van der Waals surface area contributed by atoms with Crippen LogP contribution in [0.2, 0.25) is 5.02 Å². The fraction of sp³-hybridized carbons (Fsp3) is 0.333. The topological polar surface area (TPSA) is 37.8 Å². The van der Waals surface area contributed by atoms with Gasteiger partial charge in [0, 0.05) is 17.3 Å². The van der Waals surface area contributed by atoms with Gasteiger partial charge in [-0.05, 0) is 24.1 Å². The van der Waals surface area contributed by atoms with Crippen LogP contribution in [-0.2, 0) is 5.75 Å². The number of benzene rings is 1. The molecule has 3 nitrogen and oxygen atoms in total. The van der Waals surface area contributed by atoms with Crippen LogP contribution < -0.4 is 5.32 Å². The molecule has 0 amide bonds. The average Bonchev–Trinajstić information content (AvgIpc) is 2.83. The van der Waals surface area contributed by atoms with Crippen LogP contribution in [0, 0.1) is 5.82 Å². The Morgan fingerprint density at radius 1 is 1.42 bits per heavy atom. The summed E-state index contributed by atoms with van der Waals surface area (Å²) in [6.45, 7) is 2.99. The fourth-order valence-corrected chi connectivity index (χ4v) is 3.44. The van der Waals surface area contributed by atoms with Crippen LogP contribution in [0.4, 0.5) is 9.52 Å². The van der Waals surface area contributed by atoms with Gasteiger partial charge in [-0.15, -0.1) is 10.2 Å². The number of aromatic nitrogens is 2. The van der Waals surface area contributed by atoms with E-state index in [9.17, 15) is 4.39 Å². The molecule has 1 aromatic heterocycles. The van der Waals surface area contributed by atoms with Crippen molar-refractivity contribution < 1.29 is 4.39 Å². The van der Waals surface area contributed by atoms with E-state index in [1.807, 2.05) is 0 Å². The molecule has 0 unspecified atom stereocenters. The monoisotopic (exact) mass is 317 g/mol. The highest BCUT2D eigenvalue weighted by atomic mass is 35.5. The molecule has 0 spiro atoms. The zero-order valence-electron chi connectivity index (χ0n) is 10.3. The second-order valence-electron chi connectivity index (χ2n) is 3.82. The molecule has 2 aromatic rings. The maximum atomic E-state index is 12.9. The molecule has 0 saturated heterocycles. The fourth-order valence-electron chi connectivity index (χ4n) is 1.35. The van der Waals surface area contributed by atoms with Crippen LogP contribution in [-0.4, -0.2) is 16.7 Å². The number of nitrogens with one attached hydrogen (secondary N) is 1. The predicted octanol–water partition coefficient (Wildman–Crippen LogP) is 4.44. The van der Waals surface area contributed by atoms with Crippen molar-refractivity contribution in [3.05, 3.63) is 34.6 Å². The summed E-state index contributed by atoms with van der Waals surface area (Å²) in [6.07, 6.45) is 1.05. The Morgan fingerprint density at radius 3 is 3.00 bits per heavy atom. The van der Waals surface area contributed by atoms with Gasteiger partial charge < -0.3 is 5.32 Å². The lowest BCUT2D eigenvalue weighted by atomic mass is 10.2. The van der Waals surface area contributed by atoms with Crippen molar-refractivity contribution in [2.75, 3.05) is 11.9 Å². The molecule has 0 saturated carbocycles.